The molecule has 1 heterocycles. The molecule has 2 nitrogen and oxygen atoms in total. The van der Waals surface area contributed by atoms with E-state index in [4.69, 9.17) is 29.6 Å². The maximum Gasteiger partial charge on any atom is 0.106 e. The molecule has 0 aliphatic rings. The van der Waals surface area contributed by atoms with E-state index in [0.717, 1.165) is 22.0 Å². The minimum absolute atomic E-state index is 0.320. The molecule has 1 aromatic heterocycles. The number of nitrogens with zero attached hydrogens (tertiary/aromatic N) is 1. The van der Waals surface area contributed by atoms with Gasteiger partial charge in [-0.15, -0.1) is 0 Å². The summed E-state index contributed by atoms with van der Waals surface area (Å²) in [7, 11) is 0. The van der Waals surface area contributed by atoms with Gasteiger partial charge in [-0.05, 0) is 30.7 Å². The maximum absolute atomic E-state index is 6.00. The third-order valence-corrected chi connectivity index (χ3v) is 2.73. The number of nitrogens with two attached hydrogens (primary N) is 1. The molecule has 0 aliphatic heterocycles. The zero-order valence-corrected chi connectivity index (χ0v) is 9.69. The molecule has 0 amide bonds. The summed E-state index contributed by atoms with van der Waals surface area (Å²) in [6.45, 7) is 2.00. The SMILES string of the molecule is Cc1ccnc2c(C(N)=S)cc(Cl)cc12. The van der Waals surface area contributed by atoms with E-state index in [0.29, 0.717) is 10.0 Å². The highest BCUT2D eigenvalue weighted by Gasteiger charge is 2.08. The lowest BCUT2D eigenvalue weighted by Gasteiger charge is -2.06. The second-order valence-corrected chi connectivity index (χ2v) is 4.22. The molecule has 2 aromatic rings. The van der Waals surface area contributed by atoms with Crippen molar-refractivity contribution in [1.29, 1.82) is 0 Å². The normalized spacial score (nSPS) is 10.5. The van der Waals surface area contributed by atoms with Gasteiger partial charge in [-0.3, -0.25) is 4.98 Å². The lowest BCUT2D eigenvalue weighted by molar-refractivity contribution is 1.36. The maximum atomic E-state index is 6.00. The zero-order valence-electron chi connectivity index (χ0n) is 8.12. The van der Waals surface area contributed by atoms with Crippen LogP contribution in [0.1, 0.15) is 11.1 Å². The lowest BCUT2D eigenvalue weighted by atomic mass is 10.1. The van der Waals surface area contributed by atoms with E-state index in [-0.39, 0.29) is 0 Å². The molecule has 0 unspecified atom stereocenters. The Kier molecular flexibility index (Phi) is 2.59. The van der Waals surface area contributed by atoms with Gasteiger partial charge in [0.2, 0.25) is 0 Å². The van der Waals surface area contributed by atoms with Gasteiger partial charge in [0.25, 0.3) is 0 Å². The van der Waals surface area contributed by atoms with Crippen LogP contribution >= 0.6 is 23.8 Å². The van der Waals surface area contributed by atoms with E-state index in [9.17, 15) is 0 Å². The van der Waals surface area contributed by atoms with Crippen molar-refractivity contribution in [3.05, 3.63) is 40.5 Å². The third kappa shape index (κ3) is 1.80. The molecule has 2 rings (SSSR count). The van der Waals surface area contributed by atoms with Gasteiger partial charge in [-0.25, -0.2) is 0 Å². The molecule has 4 heteroatoms. The second-order valence-electron chi connectivity index (χ2n) is 3.34. The predicted octanol–water partition coefficient (Wildman–Crippen LogP) is 2.83. The lowest BCUT2D eigenvalue weighted by Crippen LogP contribution is -2.10. The highest BCUT2D eigenvalue weighted by Crippen LogP contribution is 2.24. The largest absolute Gasteiger partial charge is 0.389 e. The number of aryl methyl sites for hydroxylation is 1. The van der Waals surface area contributed by atoms with E-state index < -0.39 is 0 Å². The van der Waals surface area contributed by atoms with Crippen LogP contribution in [0.5, 0.6) is 0 Å². The van der Waals surface area contributed by atoms with Crippen molar-refractivity contribution >= 4 is 39.7 Å². The van der Waals surface area contributed by atoms with Gasteiger partial charge in [0.15, 0.2) is 0 Å². The summed E-state index contributed by atoms with van der Waals surface area (Å²) in [6, 6.07) is 5.56. The topological polar surface area (TPSA) is 38.9 Å². The minimum atomic E-state index is 0.320. The first-order valence-corrected chi connectivity index (χ1v) is 5.23. The van der Waals surface area contributed by atoms with E-state index >= 15 is 0 Å². The number of benzene rings is 1. The molecule has 0 aliphatic carbocycles. The predicted molar refractivity (Wildman–Crippen MR) is 67.4 cm³/mol. The van der Waals surface area contributed by atoms with Crippen LogP contribution in [0.25, 0.3) is 10.9 Å². The minimum Gasteiger partial charge on any atom is -0.389 e. The van der Waals surface area contributed by atoms with Gasteiger partial charge >= 0.3 is 0 Å². The molecule has 0 atom stereocenters. The summed E-state index contributed by atoms with van der Waals surface area (Å²) < 4.78 is 0. The number of hydrogen-bond donors (Lipinski definition) is 1. The van der Waals surface area contributed by atoms with Crippen molar-refractivity contribution in [2.24, 2.45) is 5.73 Å². The Hall–Kier alpha value is -1.19. The summed E-state index contributed by atoms with van der Waals surface area (Å²) in [6.07, 6.45) is 1.74. The monoisotopic (exact) mass is 236 g/mol. The molecule has 0 radical (unpaired) electrons. The summed E-state index contributed by atoms with van der Waals surface area (Å²) in [4.78, 5) is 4.60. The molecule has 0 bridgehead atoms. The number of pyridine rings is 1. The number of hydrogen-bond acceptors (Lipinski definition) is 2. The van der Waals surface area contributed by atoms with Crippen LogP contribution in [0, 0.1) is 6.92 Å². The molecule has 0 saturated heterocycles. The van der Waals surface area contributed by atoms with Gasteiger partial charge in [0, 0.05) is 22.2 Å². The van der Waals surface area contributed by atoms with E-state index in [2.05, 4.69) is 4.98 Å². The van der Waals surface area contributed by atoms with Gasteiger partial charge in [0.1, 0.15) is 4.99 Å². The van der Waals surface area contributed by atoms with E-state index in [1.807, 2.05) is 19.1 Å². The van der Waals surface area contributed by atoms with Crippen molar-refractivity contribution < 1.29 is 0 Å². The molecule has 76 valence electrons. The zero-order chi connectivity index (χ0) is 11.0. The Bertz CT molecular complexity index is 552. The van der Waals surface area contributed by atoms with Crippen molar-refractivity contribution in [3.63, 3.8) is 0 Å². The average molecular weight is 237 g/mol. The fourth-order valence-electron chi connectivity index (χ4n) is 1.54. The smallest absolute Gasteiger partial charge is 0.106 e. The summed E-state index contributed by atoms with van der Waals surface area (Å²) >= 11 is 11.0. The molecular weight excluding hydrogens is 228 g/mol. The fraction of sp³-hybridized carbons (Fsp3) is 0.0909. The first-order valence-electron chi connectivity index (χ1n) is 4.44. The first-order chi connectivity index (χ1) is 7.09. The highest BCUT2D eigenvalue weighted by atomic mass is 35.5. The van der Waals surface area contributed by atoms with Crippen molar-refractivity contribution in [1.82, 2.24) is 4.98 Å². The van der Waals surface area contributed by atoms with Gasteiger partial charge in [-0.2, -0.15) is 0 Å². The molecule has 0 saturated carbocycles. The van der Waals surface area contributed by atoms with Crippen LogP contribution in [0.4, 0.5) is 0 Å². The summed E-state index contributed by atoms with van der Waals surface area (Å²) in [5.74, 6) is 0. The molecule has 0 fully saturated rings. The average Bonchev–Trinajstić information content (AvgIpc) is 2.18. The molecule has 1 aromatic carbocycles. The van der Waals surface area contributed by atoms with E-state index in [1.54, 1.807) is 12.3 Å². The number of halogens is 1. The Morgan fingerprint density at radius 1 is 1.47 bits per heavy atom. The molecular formula is C11H9ClN2S. The number of thiocarbonyl (C=S) groups is 1. The van der Waals surface area contributed by atoms with Crippen LogP contribution < -0.4 is 5.73 Å². The third-order valence-electron chi connectivity index (χ3n) is 2.29. The Balaban J connectivity index is 2.92. The van der Waals surface area contributed by atoms with Gasteiger partial charge in [0.05, 0.1) is 5.52 Å². The standard InChI is InChI=1S/C11H9ClN2S/c1-6-2-3-14-10-8(6)4-7(12)5-9(10)11(13)15/h2-5H,1H3,(H2,13,15). The molecule has 15 heavy (non-hydrogen) atoms. The van der Waals surface area contributed by atoms with Crippen LogP contribution in [0.15, 0.2) is 24.4 Å². The highest BCUT2D eigenvalue weighted by molar-refractivity contribution is 7.80. The van der Waals surface area contributed by atoms with Gasteiger partial charge in [-0.1, -0.05) is 23.8 Å². The van der Waals surface area contributed by atoms with Crippen LogP contribution in [-0.4, -0.2) is 9.97 Å². The Labute approximate surface area is 98.1 Å². The molecule has 0 spiro atoms. The first kappa shape index (κ1) is 10.3. The van der Waals surface area contributed by atoms with Gasteiger partial charge < -0.3 is 5.73 Å². The number of fused-ring (bicyclic) bond motifs is 1. The fourth-order valence-corrected chi connectivity index (χ4v) is 1.91. The summed E-state index contributed by atoms with van der Waals surface area (Å²) in [5, 5.41) is 1.62. The summed E-state index contributed by atoms with van der Waals surface area (Å²) in [5.41, 5.74) is 8.29. The Morgan fingerprint density at radius 2 is 2.20 bits per heavy atom. The number of rotatable bonds is 1. The van der Waals surface area contributed by atoms with Crippen molar-refractivity contribution in [2.45, 2.75) is 6.92 Å². The quantitative estimate of drug-likeness (QED) is 0.774. The van der Waals surface area contributed by atoms with Crippen LogP contribution in [0.3, 0.4) is 0 Å². The van der Waals surface area contributed by atoms with E-state index in [1.165, 1.54) is 0 Å². The number of aromatic nitrogens is 1. The second kappa shape index (κ2) is 3.76. The van der Waals surface area contributed by atoms with Crippen molar-refractivity contribution in [2.75, 3.05) is 0 Å². The molecule has 2 N–H and O–H groups in total. The van der Waals surface area contributed by atoms with Crippen LogP contribution in [0.2, 0.25) is 5.02 Å². The Morgan fingerprint density at radius 3 is 2.87 bits per heavy atom. The van der Waals surface area contributed by atoms with Crippen LogP contribution in [-0.2, 0) is 0 Å². The van der Waals surface area contributed by atoms with Crippen molar-refractivity contribution in [3.8, 4) is 0 Å².